The summed E-state index contributed by atoms with van der Waals surface area (Å²) < 4.78 is 0. The summed E-state index contributed by atoms with van der Waals surface area (Å²) in [5.41, 5.74) is 1.06. The third kappa shape index (κ3) is 0.356. The van der Waals surface area contributed by atoms with Gasteiger partial charge in [0, 0.05) is 6.42 Å². The van der Waals surface area contributed by atoms with E-state index >= 15 is 0 Å². The smallest absolute Gasteiger partial charge is 0.0816 e. The molecule has 0 saturated carbocycles. The lowest BCUT2D eigenvalue weighted by Gasteiger charge is -2.16. The van der Waals surface area contributed by atoms with Crippen molar-refractivity contribution in [3.63, 3.8) is 0 Å². The molecule has 1 radical (unpaired) electrons. The van der Waals surface area contributed by atoms with Crippen molar-refractivity contribution < 1.29 is 5.11 Å². The van der Waals surface area contributed by atoms with Gasteiger partial charge in [-0.05, 0) is 12.5 Å². The van der Waals surface area contributed by atoms with Crippen molar-refractivity contribution in [2.45, 2.75) is 13.0 Å². The summed E-state index contributed by atoms with van der Waals surface area (Å²) in [6, 6.07) is 0. The van der Waals surface area contributed by atoms with Crippen molar-refractivity contribution in [3.05, 3.63) is 18.1 Å². The van der Waals surface area contributed by atoms with Crippen molar-refractivity contribution in [1.82, 2.24) is 0 Å². The highest BCUT2D eigenvalue weighted by molar-refractivity contribution is 5.27. The maximum absolute atomic E-state index is 8.59. The molecule has 1 aliphatic carbocycles. The van der Waals surface area contributed by atoms with Gasteiger partial charge in [0.1, 0.15) is 0 Å². The molecule has 1 N–H and O–H groups in total. The van der Waals surface area contributed by atoms with Crippen LogP contribution in [0.5, 0.6) is 0 Å². The highest BCUT2D eigenvalue weighted by Gasteiger charge is 2.11. The van der Waals surface area contributed by atoms with Gasteiger partial charge in [-0.15, -0.1) is 0 Å². The van der Waals surface area contributed by atoms with Crippen molar-refractivity contribution in [1.29, 1.82) is 0 Å². The molecule has 0 bridgehead atoms. The molecular weight excluding hydrogens is 76.1 g/mol. The Morgan fingerprint density at radius 2 is 2.33 bits per heavy atom. The van der Waals surface area contributed by atoms with E-state index < -0.39 is 0 Å². The zero-order valence-corrected chi connectivity index (χ0v) is 3.68. The zero-order chi connectivity index (χ0) is 4.57. The minimum Gasteiger partial charge on any atom is -0.388 e. The third-order valence-electron chi connectivity index (χ3n) is 1.01. The van der Waals surface area contributed by atoms with E-state index in [1.165, 1.54) is 0 Å². The van der Waals surface area contributed by atoms with Gasteiger partial charge >= 0.3 is 0 Å². The normalized spacial score (nSPS) is 31.7. The summed E-state index contributed by atoms with van der Waals surface area (Å²) in [6.07, 6.45) is 3.44. The van der Waals surface area contributed by atoms with Gasteiger partial charge in [-0.3, -0.25) is 0 Å². The molecule has 0 aromatic rings. The Morgan fingerprint density at radius 1 is 1.83 bits per heavy atom. The maximum Gasteiger partial charge on any atom is 0.0816 e. The van der Waals surface area contributed by atoms with Crippen LogP contribution in [-0.4, -0.2) is 11.2 Å². The SMILES string of the molecule is CC1=C[CH]C1O. The first-order chi connectivity index (χ1) is 2.80. The fraction of sp³-hybridized carbons (Fsp3) is 0.400. The summed E-state index contributed by atoms with van der Waals surface area (Å²) in [5.74, 6) is 0. The first kappa shape index (κ1) is 3.88. The van der Waals surface area contributed by atoms with Gasteiger partial charge in [0.15, 0.2) is 0 Å². The molecule has 0 aromatic heterocycles. The van der Waals surface area contributed by atoms with E-state index in [0.717, 1.165) is 5.57 Å². The molecule has 0 amide bonds. The Bertz CT molecular complexity index is 83.9. The van der Waals surface area contributed by atoms with Crippen LogP contribution in [0, 0.1) is 6.42 Å². The Kier molecular flexibility index (Phi) is 0.701. The lowest BCUT2D eigenvalue weighted by atomic mass is 9.97. The number of aliphatic hydroxyl groups is 1. The van der Waals surface area contributed by atoms with Gasteiger partial charge in [0.05, 0.1) is 6.10 Å². The van der Waals surface area contributed by atoms with Crippen LogP contribution >= 0.6 is 0 Å². The molecule has 1 nitrogen and oxygen atoms in total. The van der Waals surface area contributed by atoms with Crippen LogP contribution in [0.1, 0.15) is 6.92 Å². The summed E-state index contributed by atoms with van der Waals surface area (Å²) in [4.78, 5) is 0. The summed E-state index contributed by atoms with van der Waals surface area (Å²) in [5, 5.41) is 8.59. The molecule has 0 fully saturated rings. The number of aliphatic hydroxyl groups excluding tert-OH is 1. The predicted molar refractivity (Wildman–Crippen MR) is 24.1 cm³/mol. The van der Waals surface area contributed by atoms with Crippen LogP contribution in [0.15, 0.2) is 11.6 Å². The van der Waals surface area contributed by atoms with Crippen molar-refractivity contribution in [2.75, 3.05) is 0 Å². The maximum atomic E-state index is 8.59. The van der Waals surface area contributed by atoms with E-state index in [0.29, 0.717) is 0 Å². The van der Waals surface area contributed by atoms with E-state index in [2.05, 4.69) is 0 Å². The molecule has 1 unspecified atom stereocenters. The quantitative estimate of drug-likeness (QED) is 0.452. The number of hydrogen-bond donors (Lipinski definition) is 1. The minimum atomic E-state index is -0.231. The van der Waals surface area contributed by atoms with Gasteiger partial charge in [-0.25, -0.2) is 0 Å². The fourth-order valence-corrected chi connectivity index (χ4v) is 0.375. The number of hydrogen-bond acceptors (Lipinski definition) is 1. The van der Waals surface area contributed by atoms with E-state index in [1.807, 2.05) is 13.0 Å². The summed E-state index contributed by atoms with van der Waals surface area (Å²) in [6.45, 7) is 1.91. The van der Waals surface area contributed by atoms with Gasteiger partial charge in [0.25, 0.3) is 0 Å². The molecule has 1 atom stereocenters. The fourth-order valence-electron chi connectivity index (χ4n) is 0.375. The Hall–Kier alpha value is -0.300. The molecular formula is C5H7O. The van der Waals surface area contributed by atoms with E-state index in [-0.39, 0.29) is 6.10 Å². The standard InChI is InChI=1S/C5H7O/c1-4-2-3-5(4)6/h2-3,5-6H,1H3. The van der Waals surface area contributed by atoms with Crippen LogP contribution in [0.3, 0.4) is 0 Å². The largest absolute Gasteiger partial charge is 0.388 e. The zero-order valence-electron chi connectivity index (χ0n) is 3.68. The van der Waals surface area contributed by atoms with Gasteiger partial charge in [0.2, 0.25) is 0 Å². The monoisotopic (exact) mass is 83.0 g/mol. The minimum absolute atomic E-state index is 0.231. The Morgan fingerprint density at radius 3 is 2.33 bits per heavy atom. The topological polar surface area (TPSA) is 20.2 Å². The molecule has 0 aromatic carbocycles. The molecule has 33 valence electrons. The van der Waals surface area contributed by atoms with Crippen LogP contribution in [0.4, 0.5) is 0 Å². The lowest BCUT2D eigenvalue weighted by Crippen LogP contribution is -2.15. The molecule has 1 heteroatoms. The molecule has 1 rings (SSSR count). The van der Waals surface area contributed by atoms with Gasteiger partial charge in [-0.1, -0.05) is 6.08 Å². The molecule has 0 saturated heterocycles. The van der Waals surface area contributed by atoms with E-state index in [1.54, 1.807) is 6.42 Å². The molecule has 0 spiro atoms. The van der Waals surface area contributed by atoms with Crippen molar-refractivity contribution in [2.24, 2.45) is 0 Å². The van der Waals surface area contributed by atoms with Crippen LogP contribution in [0.25, 0.3) is 0 Å². The summed E-state index contributed by atoms with van der Waals surface area (Å²) in [7, 11) is 0. The average molecular weight is 83.1 g/mol. The van der Waals surface area contributed by atoms with Crippen molar-refractivity contribution >= 4 is 0 Å². The van der Waals surface area contributed by atoms with Gasteiger partial charge in [-0.2, -0.15) is 0 Å². The Balaban J connectivity index is 2.51. The molecule has 0 heterocycles. The first-order valence-corrected chi connectivity index (χ1v) is 2.00. The predicted octanol–water partition coefficient (Wildman–Crippen LogP) is 0.511. The summed E-state index contributed by atoms with van der Waals surface area (Å²) >= 11 is 0. The second-order valence-electron chi connectivity index (χ2n) is 1.55. The molecule has 6 heavy (non-hydrogen) atoms. The Labute approximate surface area is 37.3 Å². The molecule has 0 aliphatic heterocycles. The van der Waals surface area contributed by atoms with Crippen LogP contribution in [-0.2, 0) is 0 Å². The third-order valence-corrected chi connectivity index (χ3v) is 1.01. The van der Waals surface area contributed by atoms with Crippen LogP contribution < -0.4 is 0 Å². The average Bonchev–Trinajstić information content (AvgIpc) is 1.61. The first-order valence-electron chi connectivity index (χ1n) is 2.00. The number of rotatable bonds is 0. The van der Waals surface area contributed by atoms with Crippen molar-refractivity contribution in [3.8, 4) is 0 Å². The second kappa shape index (κ2) is 1.09. The highest BCUT2D eigenvalue weighted by Crippen LogP contribution is 2.15. The molecule has 1 aliphatic rings. The van der Waals surface area contributed by atoms with E-state index in [9.17, 15) is 0 Å². The van der Waals surface area contributed by atoms with E-state index in [4.69, 9.17) is 5.11 Å². The second-order valence-corrected chi connectivity index (χ2v) is 1.55. The van der Waals surface area contributed by atoms with Crippen LogP contribution in [0.2, 0.25) is 0 Å². The van der Waals surface area contributed by atoms with Gasteiger partial charge < -0.3 is 5.11 Å². The lowest BCUT2D eigenvalue weighted by molar-refractivity contribution is 0.233. The highest BCUT2D eigenvalue weighted by atomic mass is 16.3.